The first-order valence-corrected chi connectivity index (χ1v) is 19.0. The Bertz CT molecular complexity index is 2420. The van der Waals surface area contributed by atoms with Gasteiger partial charge in [0.25, 0.3) is 0 Å². The SMILES string of the molecule is Brc1cccc2cccc(Br)c12.C1=C(c2cccc3cccc(C4=Cc5ccccc5C4)c23)Cc2ccccc21.OB(O)C1=CC2=C(C=[C+]C=C2)C1. The largest absolute Gasteiger partial charge is 0.485 e. The first-order valence-electron chi connectivity index (χ1n) is 17.4. The van der Waals surface area contributed by atoms with Crippen LogP contribution < -0.4 is 0 Å². The average Bonchev–Trinajstić information content (AvgIpc) is 3.92. The van der Waals surface area contributed by atoms with E-state index in [9.17, 15) is 0 Å². The number of fused-ring (bicyclic) bond motifs is 4. The lowest BCUT2D eigenvalue weighted by atomic mass is 9.78. The minimum absolute atomic E-state index is 0.629. The van der Waals surface area contributed by atoms with E-state index in [0.717, 1.165) is 32.9 Å². The summed E-state index contributed by atoms with van der Waals surface area (Å²) in [6, 6.07) is 43.4. The molecule has 0 saturated heterocycles. The van der Waals surface area contributed by atoms with Gasteiger partial charge in [-0.05, 0) is 97.2 Å². The van der Waals surface area contributed by atoms with E-state index in [1.807, 2.05) is 48.6 Å². The molecule has 6 aromatic carbocycles. The van der Waals surface area contributed by atoms with Crippen molar-refractivity contribution in [1.82, 2.24) is 0 Å². The molecule has 0 spiro atoms. The standard InChI is InChI=1S/C28H20.C10H6Br2.C9H8BO2/c1-2-8-21-16-24(15-20(21)7-1)26-13-5-11-19-12-6-14-27(28(19)26)25-17-22-9-3-4-10-23(22)18-25;11-8-5-1-3-7-4-2-6-9(12)10(7)8;11-10(12)9-5-7-3-1-2-4-8(7)6-9/h1-15,17H,16,18H2;1-6H;1,3-5,11-12H,6H2/q;;+1. The second-order valence-corrected chi connectivity index (χ2v) is 15.0. The predicted octanol–water partition coefficient (Wildman–Crippen LogP) is 12.0. The summed E-state index contributed by atoms with van der Waals surface area (Å²) >= 11 is 7.04. The van der Waals surface area contributed by atoms with Crippen molar-refractivity contribution in [2.45, 2.75) is 19.3 Å². The highest BCUT2D eigenvalue weighted by molar-refractivity contribution is 9.11. The summed E-state index contributed by atoms with van der Waals surface area (Å²) in [6.45, 7) is 0. The second kappa shape index (κ2) is 15.0. The molecule has 0 saturated carbocycles. The zero-order valence-electron chi connectivity index (χ0n) is 28.4. The lowest BCUT2D eigenvalue weighted by Gasteiger charge is -2.14. The molecule has 0 atom stereocenters. The molecule has 0 fully saturated rings. The summed E-state index contributed by atoms with van der Waals surface area (Å²) in [4.78, 5) is 0. The van der Waals surface area contributed by atoms with Crippen molar-refractivity contribution in [3.05, 3.63) is 211 Å². The molecule has 2 nitrogen and oxygen atoms in total. The number of hydrogen-bond donors (Lipinski definition) is 2. The van der Waals surface area contributed by atoms with Gasteiger partial charge in [-0.15, -0.1) is 0 Å². The van der Waals surface area contributed by atoms with Gasteiger partial charge in [0, 0.05) is 26.8 Å². The Morgan fingerprint density at radius 2 is 1.06 bits per heavy atom. The Hall–Kier alpha value is -4.87. The van der Waals surface area contributed by atoms with E-state index in [-0.39, 0.29) is 0 Å². The van der Waals surface area contributed by atoms with Crippen LogP contribution in [0.4, 0.5) is 0 Å². The fraction of sp³-hybridized carbons (Fsp3) is 0.0638. The van der Waals surface area contributed by atoms with Crippen LogP contribution in [0.2, 0.25) is 0 Å². The van der Waals surface area contributed by atoms with E-state index in [4.69, 9.17) is 10.0 Å². The van der Waals surface area contributed by atoms with Crippen LogP contribution in [0.3, 0.4) is 0 Å². The maximum absolute atomic E-state index is 8.90. The smallest absolute Gasteiger partial charge is 0.423 e. The summed E-state index contributed by atoms with van der Waals surface area (Å²) in [5.74, 6) is 0. The van der Waals surface area contributed by atoms with Crippen LogP contribution in [0.15, 0.2) is 171 Å². The Balaban J connectivity index is 0.000000133. The minimum Gasteiger partial charge on any atom is -0.423 e. The monoisotopic (exact) mass is 799 g/mol. The van der Waals surface area contributed by atoms with Crippen molar-refractivity contribution in [2.75, 3.05) is 0 Å². The molecule has 0 unspecified atom stereocenters. The molecule has 0 bridgehead atoms. The molecule has 0 aliphatic heterocycles. The zero-order valence-corrected chi connectivity index (χ0v) is 31.5. The molecule has 250 valence electrons. The molecule has 0 heterocycles. The van der Waals surface area contributed by atoms with Gasteiger partial charge in [0.15, 0.2) is 0 Å². The molecule has 0 radical (unpaired) electrons. The Kier molecular flexibility index (Phi) is 9.88. The van der Waals surface area contributed by atoms with E-state index in [2.05, 4.69) is 147 Å². The van der Waals surface area contributed by atoms with Crippen LogP contribution in [0.25, 0.3) is 44.8 Å². The van der Waals surface area contributed by atoms with Crippen molar-refractivity contribution in [1.29, 1.82) is 0 Å². The molecule has 6 aromatic rings. The predicted molar refractivity (Wildman–Crippen MR) is 226 cm³/mol. The summed E-state index contributed by atoms with van der Waals surface area (Å²) in [5.41, 5.74) is 14.0. The van der Waals surface area contributed by atoms with Gasteiger partial charge in [-0.2, -0.15) is 0 Å². The van der Waals surface area contributed by atoms with E-state index in [1.54, 1.807) is 0 Å². The molecular formula is C47H34BBr2O2+. The molecule has 2 N–H and O–H groups in total. The van der Waals surface area contributed by atoms with Gasteiger partial charge in [-0.1, -0.05) is 153 Å². The van der Waals surface area contributed by atoms with Gasteiger partial charge in [-0.25, -0.2) is 0 Å². The van der Waals surface area contributed by atoms with Crippen molar-refractivity contribution >= 4 is 83.8 Å². The maximum Gasteiger partial charge on any atom is 0.485 e. The summed E-state index contributed by atoms with van der Waals surface area (Å²) < 4.78 is 2.26. The highest BCUT2D eigenvalue weighted by Gasteiger charge is 2.27. The number of benzene rings is 6. The van der Waals surface area contributed by atoms with E-state index in [0.29, 0.717) is 11.9 Å². The normalized spacial score (nSPS) is 14.7. The van der Waals surface area contributed by atoms with Crippen LogP contribution in [0.5, 0.6) is 0 Å². The first-order chi connectivity index (χ1) is 25.4. The minimum atomic E-state index is -1.32. The molecular weight excluding hydrogens is 767 g/mol. The van der Waals surface area contributed by atoms with E-state index >= 15 is 0 Å². The molecule has 52 heavy (non-hydrogen) atoms. The van der Waals surface area contributed by atoms with Crippen molar-refractivity contribution in [3.8, 4) is 0 Å². The third-order valence-electron chi connectivity index (χ3n) is 9.99. The van der Waals surface area contributed by atoms with Gasteiger partial charge >= 0.3 is 7.12 Å². The molecule has 4 aliphatic rings. The zero-order chi connectivity index (χ0) is 35.6. The Labute approximate surface area is 322 Å². The van der Waals surface area contributed by atoms with Crippen molar-refractivity contribution in [2.24, 2.45) is 0 Å². The van der Waals surface area contributed by atoms with Crippen LogP contribution in [0.1, 0.15) is 39.8 Å². The summed E-state index contributed by atoms with van der Waals surface area (Å²) in [6.07, 6.45) is 17.8. The molecule has 5 heteroatoms. The molecule has 0 amide bonds. The van der Waals surface area contributed by atoms with Gasteiger partial charge in [0.2, 0.25) is 0 Å². The lowest BCUT2D eigenvalue weighted by molar-refractivity contribution is 0.418. The molecule has 4 aliphatic carbocycles. The molecule has 0 aromatic heterocycles. The first kappa shape index (κ1) is 34.2. The van der Waals surface area contributed by atoms with Crippen LogP contribution in [-0.2, 0) is 12.8 Å². The Morgan fingerprint density at radius 3 is 1.56 bits per heavy atom. The number of allylic oxidation sites excluding steroid dienone is 10. The van der Waals surface area contributed by atoms with Gasteiger partial charge in [0.05, 0.1) is 17.2 Å². The Morgan fingerprint density at radius 1 is 0.538 bits per heavy atom. The third kappa shape index (κ3) is 6.99. The fourth-order valence-electron chi connectivity index (χ4n) is 7.44. The second-order valence-electron chi connectivity index (χ2n) is 13.3. The van der Waals surface area contributed by atoms with Gasteiger partial charge in [-0.3, -0.25) is 0 Å². The lowest BCUT2D eigenvalue weighted by Crippen LogP contribution is -2.14. The highest BCUT2D eigenvalue weighted by Crippen LogP contribution is 2.41. The number of hydrogen-bond acceptors (Lipinski definition) is 2. The average molecular weight is 801 g/mol. The van der Waals surface area contributed by atoms with Crippen LogP contribution >= 0.6 is 31.9 Å². The quantitative estimate of drug-likeness (QED) is 0.138. The highest BCUT2D eigenvalue weighted by atomic mass is 79.9. The fourth-order valence-corrected chi connectivity index (χ4v) is 8.90. The van der Waals surface area contributed by atoms with Gasteiger partial charge in [0.1, 0.15) is 12.2 Å². The maximum atomic E-state index is 8.90. The van der Waals surface area contributed by atoms with E-state index in [1.165, 1.54) is 66.1 Å². The third-order valence-corrected chi connectivity index (χ3v) is 11.3. The topological polar surface area (TPSA) is 40.5 Å². The van der Waals surface area contributed by atoms with Crippen molar-refractivity contribution in [3.63, 3.8) is 0 Å². The number of halogens is 2. The summed E-state index contributed by atoms with van der Waals surface area (Å²) in [5, 5.41) is 23.0. The van der Waals surface area contributed by atoms with E-state index < -0.39 is 7.12 Å². The van der Waals surface area contributed by atoms with Crippen molar-refractivity contribution < 1.29 is 10.0 Å². The van der Waals surface area contributed by atoms with Crippen LogP contribution in [0, 0.1) is 6.08 Å². The summed E-state index contributed by atoms with van der Waals surface area (Å²) in [7, 11) is -1.32. The van der Waals surface area contributed by atoms with Crippen LogP contribution in [-0.4, -0.2) is 17.2 Å². The number of rotatable bonds is 3. The molecule has 10 rings (SSSR count). The van der Waals surface area contributed by atoms with Gasteiger partial charge < -0.3 is 10.0 Å².